The molecule has 0 aliphatic heterocycles. The maximum Gasteiger partial charge on any atom is 0.119 e. The fourth-order valence-electron chi connectivity index (χ4n) is 2.40. The van der Waals surface area contributed by atoms with Crippen LogP contribution in [0.3, 0.4) is 0 Å². The standard InChI is InChI=1S/C13H19NO2S/c1-17(16)9-3-8-14-12-7-6-11-10(12)4-2-5-13(11)15/h2,4-5,12,14-15H,3,6-9H2,1H3. The van der Waals surface area contributed by atoms with Crippen LogP contribution in [0.2, 0.25) is 0 Å². The number of benzene rings is 1. The topological polar surface area (TPSA) is 49.3 Å². The van der Waals surface area contributed by atoms with Crippen LogP contribution < -0.4 is 5.32 Å². The van der Waals surface area contributed by atoms with E-state index in [1.807, 2.05) is 6.07 Å². The van der Waals surface area contributed by atoms with Crippen molar-refractivity contribution in [2.24, 2.45) is 0 Å². The fourth-order valence-corrected chi connectivity index (χ4v) is 2.95. The Labute approximate surface area is 105 Å². The number of rotatable bonds is 5. The van der Waals surface area contributed by atoms with Crippen LogP contribution in [0.1, 0.15) is 30.0 Å². The molecule has 2 rings (SSSR count). The molecular weight excluding hydrogens is 234 g/mol. The van der Waals surface area contributed by atoms with Crippen LogP contribution in [0.5, 0.6) is 5.75 Å². The first-order chi connectivity index (χ1) is 8.18. The summed E-state index contributed by atoms with van der Waals surface area (Å²) < 4.78 is 10.9. The lowest BCUT2D eigenvalue weighted by atomic mass is 10.1. The molecule has 0 radical (unpaired) electrons. The fraction of sp³-hybridized carbons (Fsp3) is 0.538. The van der Waals surface area contributed by atoms with Gasteiger partial charge in [0, 0.05) is 28.9 Å². The Hall–Kier alpha value is -0.870. The van der Waals surface area contributed by atoms with Crippen LogP contribution in [-0.4, -0.2) is 27.9 Å². The van der Waals surface area contributed by atoms with Gasteiger partial charge in [-0.15, -0.1) is 0 Å². The van der Waals surface area contributed by atoms with Crippen LogP contribution in [0.25, 0.3) is 0 Å². The van der Waals surface area contributed by atoms with Crippen LogP contribution in [0.15, 0.2) is 18.2 Å². The summed E-state index contributed by atoms with van der Waals surface area (Å²) in [6.45, 7) is 0.888. The highest BCUT2D eigenvalue weighted by Crippen LogP contribution is 2.35. The third-order valence-electron chi connectivity index (χ3n) is 3.25. The molecule has 1 aliphatic carbocycles. The summed E-state index contributed by atoms with van der Waals surface area (Å²) in [7, 11) is -0.697. The molecule has 2 N–H and O–H groups in total. The van der Waals surface area contributed by atoms with Crippen molar-refractivity contribution < 1.29 is 9.32 Å². The molecule has 4 heteroatoms. The molecule has 2 atom stereocenters. The lowest BCUT2D eigenvalue weighted by molar-refractivity contribution is 0.469. The number of hydrogen-bond donors (Lipinski definition) is 2. The molecule has 0 aromatic heterocycles. The van der Waals surface area contributed by atoms with Gasteiger partial charge in [0.15, 0.2) is 0 Å². The maximum absolute atomic E-state index is 10.9. The second kappa shape index (κ2) is 5.65. The summed E-state index contributed by atoms with van der Waals surface area (Å²) in [6.07, 6.45) is 4.66. The molecule has 0 saturated heterocycles. The van der Waals surface area contributed by atoms with E-state index in [0.29, 0.717) is 11.8 Å². The Morgan fingerprint density at radius 3 is 3.12 bits per heavy atom. The Kier molecular flexibility index (Phi) is 4.18. The van der Waals surface area contributed by atoms with E-state index in [4.69, 9.17) is 0 Å². The van der Waals surface area contributed by atoms with Gasteiger partial charge in [-0.05, 0) is 43.0 Å². The van der Waals surface area contributed by atoms with Crippen molar-refractivity contribution in [2.75, 3.05) is 18.6 Å². The molecule has 1 aromatic carbocycles. The molecule has 1 aromatic rings. The number of aromatic hydroxyl groups is 1. The average molecular weight is 253 g/mol. The summed E-state index contributed by atoms with van der Waals surface area (Å²) in [5.74, 6) is 1.17. The predicted molar refractivity (Wildman–Crippen MR) is 70.7 cm³/mol. The minimum absolute atomic E-state index is 0.349. The van der Waals surface area contributed by atoms with E-state index in [-0.39, 0.29) is 0 Å². The third kappa shape index (κ3) is 3.07. The maximum atomic E-state index is 10.9. The zero-order valence-corrected chi connectivity index (χ0v) is 10.9. The van der Waals surface area contributed by atoms with E-state index < -0.39 is 10.8 Å². The van der Waals surface area contributed by atoms with Crippen LogP contribution in [0, 0.1) is 0 Å². The molecule has 0 fully saturated rings. The van der Waals surface area contributed by atoms with E-state index >= 15 is 0 Å². The molecule has 17 heavy (non-hydrogen) atoms. The van der Waals surface area contributed by atoms with Crippen molar-refractivity contribution in [1.82, 2.24) is 5.32 Å². The molecule has 0 heterocycles. The molecule has 94 valence electrons. The Morgan fingerprint density at radius 1 is 1.53 bits per heavy atom. The van der Waals surface area contributed by atoms with E-state index in [0.717, 1.165) is 37.1 Å². The van der Waals surface area contributed by atoms with Crippen LogP contribution in [-0.2, 0) is 17.2 Å². The summed E-state index contributed by atoms with van der Waals surface area (Å²) in [5, 5.41) is 13.2. The zero-order valence-electron chi connectivity index (χ0n) is 10.1. The normalized spacial score (nSPS) is 20.2. The first kappa shape index (κ1) is 12.6. The van der Waals surface area contributed by atoms with Crippen molar-refractivity contribution in [3.8, 4) is 5.75 Å². The number of phenolic OH excluding ortho intramolecular Hbond substituents is 1. The predicted octanol–water partition coefficient (Wildman–Crippen LogP) is 1.74. The lowest BCUT2D eigenvalue weighted by Crippen LogP contribution is -2.21. The summed E-state index contributed by atoms with van der Waals surface area (Å²) in [4.78, 5) is 0. The van der Waals surface area contributed by atoms with Gasteiger partial charge in [0.1, 0.15) is 5.75 Å². The molecule has 0 bridgehead atoms. The SMILES string of the molecule is CS(=O)CCCNC1CCc2c(O)cccc21. The van der Waals surface area contributed by atoms with Gasteiger partial charge < -0.3 is 10.4 Å². The average Bonchev–Trinajstić information content (AvgIpc) is 2.69. The molecule has 0 saturated carbocycles. The highest BCUT2D eigenvalue weighted by molar-refractivity contribution is 7.84. The van der Waals surface area contributed by atoms with Gasteiger partial charge in [0.05, 0.1) is 0 Å². The smallest absolute Gasteiger partial charge is 0.119 e. The minimum Gasteiger partial charge on any atom is -0.508 e. The Balaban J connectivity index is 1.89. The van der Waals surface area contributed by atoms with Crippen molar-refractivity contribution in [3.63, 3.8) is 0 Å². The van der Waals surface area contributed by atoms with E-state index in [9.17, 15) is 9.32 Å². The quantitative estimate of drug-likeness (QED) is 0.786. The molecule has 1 aliphatic rings. The first-order valence-corrected chi connectivity index (χ1v) is 7.75. The van der Waals surface area contributed by atoms with Gasteiger partial charge in [-0.2, -0.15) is 0 Å². The highest BCUT2D eigenvalue weighted by atomic mass is 32.2. The second-order valence-electron chi connectivity index (χ2n) is 4.52. The van der Waals surface area contributed by atoms with Crippen LogP contribution >= 0.6 is 0 Å². The summed E-state index contributed by atoms with van der Waals surface area (Å²) in [6, 6.07) is 6.08. The summed E-state index contributed by atoms with van der Waals surface area (Å²) >= 11 is 0. The van der Waals surface area contributed by atoms with Gasteiger partial charge in [-0.3, -0.25) is 4.21 Å². The van der Waals surface area contributed by atoms with Crippen molar-refractivity contribution in [1.29, 1.82) is 0 Å². The minimum atomic E-state index is -0.697. The van der Waals surface area contributed by atoms with E-state index in [1.165, 1.54) is 5.56 Å². The molecule has 0 spiro atoms. The largest absolute Gasteiger partial charge is 0.508 e. The Bertz CT molecular complexity index is 420. The van der Waals surface area contributed by atoms with Gasteiger partial charge in [0.2, 0.25) is 0 Å². The summed E-state index contributed by atoms with van der Waals surface area (Å²) in [5.41, 5.74) is 2.31. The first-order valence-electron chi connectivity index (χ1n) is 6.02. The second-order valence-corrected chi connectivity index (χ2v) is 6.08. The van der Waals surface area contributed by atoms with Crippen molar-refractivity contribution >= 4 is 10.8 Å². The Morgan fingerprint density at radius 2 is 2.35 bits per heavy atom. The lowest BCUT2D eigenvalue weighted by Gasteiger charge is -2.13. The number of phenols is 1. The van der Waals surface area contributed by atoms with Gasteiger partial charge >= 0.3 is 0 Å². The number of fused-ring (bicyclic) bond motifs is 1. The number of hydrogen-bond acceptors (Lipinski definition) is 3. The van der Waals surface area contributed by atoms with E-state index in [2.05, 4.69) is 11.4 Å². The molecular formula is C13H19NO2S. The van der Waals surface area contributed by atoms with Gasteiger partial charge in [0.25, 0.3) is 0 Å². The third-order valence-corrected chi connectivity index (χ3v) is 4.11. The van der Waals surface area contributed by atoms with Crippen molar-refractivity contribution in [3.05, 3.63) is 29.3 Å². The highest BCUT2D eigenvalue weighted by Gasteiger charge is 2.23. The van der Waals surface area contributed by atoms with Gasteiger partial charge in [-0.1, -0.05) is 12.1 Å². The monoisotopic (exact) mass is 253 g/mol. The molecule has 3 nitrogen and oxygen atoms in total. The van der Waals surface area contributed by atoms with E-state index in [1.54, 1.807) is 12.3 Å². The number of nitrogens with one attached hydrogen (secondary N) is 1. The van der Waals surface area contributed by atoms with Crippen molar-refractivity contribution in [2.45, 2.75) is 25.3 Å². The zero-order chi connectivity index (χ0) is 12.3. The molecule has 0 amide bonds. The van der Waals surface area contributed by atoms with Crippen LogP contribution in [0.4, 0.5) is 0 Å². The molecule has 2 unspecified atom stereocenters. The van der Waals surface area contributed by atoms with Gasteiger partial charge in [-0.25, -0.2) is 0 Å².